The first kappa shape index (κ1) is 15.0. The van der Waals surface area contributed by atoms with Crippen molar-refractivity contribution in [1.82, 2.24) is 0 Å². The number of halogens is 10. The molecular formula is C6H2F10. The highest BCUT2D eigenvalue weighted by atomic mass is 19.4. The molecule has 96 valence electrons. The highest BCUT2D eigenvalue weighted by Crippen LogP contribution is 2.53. The number of allylic oxidation sites excluding steroid dienone is 1. The summed E-state index contributed by atoms with van der Waals surface area (Å²) in [5.74, 6) is -19.7. The van der Waals surface area contributed by atoms with Gasteiger partial charge in [-0.1, -0.05) is 0 Å². The summed E-state index contributed by atoms with van der Waals surface area (Å²) >= 11 is 0. The molecule has 0 spiro atoms. The number of rotatable bonds is 3. The van der Waals surface area contributed by atoms with Gasteiger partial charge in [-0.15, -0.1) is 0 Å². The summed E-state index contributed by atoms with van der Waals surface area (Å²) in [5.41, 5.74) is 0. The maximum absolute atomic E-state index is 12.2. The summed E-state index contributed by atoms with van der Waals surface area (Å²) in [6.45, 7) is 0. The molecule has 0 radical (unpaired) electrons. The Morgan fingerprint density at radius 2 is 1.00 bits per heavy atom. The monoisotopic (exact) mass is 264 g/mol. The summed E-state index contributed by atoms with van der Waals surface area (Å²) in [6, 6.07) is 0. The molecule has 0 rings (SSSR count). The van der Waals surface area contributed by atoms with Crippen LogP contribution in [0.2, 0.25) is 0 Å². The van der Waals surface area contributed by atoms with E-state index in [0.29, 0.717) is 0 Å². The molecule has 0 aromatic rings. The van der Waals surface area contributed by atoms with Crippen LogP contribution in [0, 0.1) is 0 Å². The molecule has 0 heterocycles. The van der Waals surface area contributed by atoms with Gasteiger partial charge in [0.2, 0.25) is 0 Å². The topological polar surface area (TPSA) is 0 Å². The van der Waals surface area contributed by atoms with E-state index >= 15 is 0 Å². The second-order valence-corrected chi connectivity index (χ2v) is 2.56. The zero-order valence-electron chi connectivity index (χ0n) is 6.93. The SMILES string of the molecule is FC=CC(F)(F)C(F)(F)C(F)(F)C(F)(F)F. The van der Waals surface area contributed by atoms with Crippen molar-refractivity contribution in [3.05, 3.63) is 12.4 Å². The van der Waals surface area contributed by atoms with Gasteiger partial charge in [0.25, 0.3) is 0 Å². The van der Waals surface area contributed by atoms with Crippen molar-refractivity contribution < 1.29 is 43.9 Å². The van der Waals surface area contributed by atoms with Crippen LogP contribution in [-0.4, -0.2) is 23.9 Å². The third-order valence-corrected chi connectivity index (χ3v) is 1.44. The first-order valence-corrected chi connectivity index (χ1v) is 3.29. The van der Waals surface area contributed by atoms with Gasteiger partial charge in [-0.2, -0.15) is 39.5 Å². The van der Waals surface area contributed by atoms with Gasteiger partial charge in [-0.05, 0) is 0 Å². The Bertz CT molecular complexity index is 272. The van der Waals surface area contributed by atoms with E-state index in [1.165, 1.54) is 0 Å². The van der Waals surface area contributed by atoms with E-state index in [0.717, 1.165) is 0 Å². The Labute approximate surface area is 81.5 Å². The third-order valence-electron chi connectivity index (χ3n) is 1.44. The van der Waals surface area contributed by atoms with Crippen LogP contribution in [0.15, 0.2) is 12.4 Å². The maximum Gasteiger partial charge on any atom is 0.460 e. The summed E-state index contributed by atoms with van der Waals surface area (Å²) in [4.78, 5) is 0. The molecule has 0 unspecified atom stereocenters. The van der Waals surface area contributed by atoms with Gasteiger partial charge in [-0.25, -0.2) is 4.39 Å². The predicted octanol–water partition coefficient (Wildman–Crippen LogP) is 3.94. The zero-order valence-corrected chi connectivity index (χ0v) is 6.93. The minimum atomic E-state index is -6.98. The summed E-state index contributed by atoms with van der Waals surface area (Å²) < 4.78 is 118. The molecule has 0 N–H and O–H groups in total. The minimum Gasteiger partial charge on any atom is -0.216 e. The average molecular weight is 264 g/mol. The molecule has 0 nitrogen and oxygen atoms in total. The Morgan fingerprint density at radius 1 is 0.625 bits per heavy atom. The van der Waals surface area contributed by atoms with Crippen LogP contribution in [0.5, 0.6) is 0 Å². The smallest absolute Gasteiger partial charge is 0.216 e. The highest BCUT2D eigenvalue weighted by Gasteiger charge is 2.81. The number of hydrogen-bond acceptors (Lipinski definition) is 0. The van der Waals surface area contributed by atoms with Gasteiger partial charge in [0, 0.05) is 6.08 Å². The molecule has 0 amide bonds. The molecule has 0 fully saturated rings. The fraction of sp³-hybridized carbons (Fsp3) is 0.667. The Balaban J connectivity index is 5.52. The predicted molar refractivity (Wildman–Crippen MR) is 31.1 cm³/mol. The summed E-state index contributed by atoms with van der Waals surface area (Å²) in [6.07, 6.45) is -9.52. The molecule has 10 heteroatoms. The lowest BCUT2D eigenvalue weighted by Crippen LogP contribution is -2.60. The second kappa shape index (κ2) is 3.81. The first-order valence-electron chi connectivity index (χ1n) is 3.29. The van der Waals surface area contributed by atoms with Crippen LogP contribution in [0.1, 0.15) is 0 Å². The molecule has 16 heavy (non-hydrogen) atoms. The van der Waals surface area contributed by atoms with Crippen LogP contribution >= 0.6 is 0 Å². The molecule has 0 aliphatic rings. The quantitative estimate of drug-likeness (QED) is 0.677. The van der Waals surface area contributed by atoms with Crippen molar-refractivity contribution >= 4 is 0 Å². The fourth-order valence-corrected chi connectivity index (χ4v) is 0.571. The van der Waals surface area contributed by atoms with Crippen molar-refractivity contribution in [3.63, 3.8) is 0 Å². The van der Waals surface area contributed by atoms with Gasteiger partial charge < -0.3 is 0 Å². The van der Waals surface area contributed by atoms with Gasteiger partial charge in [-0.3, -0.25) is 0 Å². The van der Waals surface area contributed by atoms with Crippen LogP contribution in [0.25, 0.3) is 0 Å². The molecule has 0 bridgehead atoms. The molecule has 0 aromatic heterocycles. The summed E-state index contributed by atoms with van der Waals surface area (Å²) in [5, 5.41) is 0. The maximum atomic E-state index is 12.2. The van der Waals surface area contributed by atoms with Crippen molar-refractivity contribution in [1.29, 1.82) is 0 Å². The molecule has 0 aliphatic carbocycles. The van der Waals surface area contributed by atoms with E-state index in [1.807, 2.05) is 0 Å². The van der Waals surface area contributed by atoms with Crippen molar-refractivity contribution in [2.24, 2.45) is 0 Å². The molecular weight excluding hydrogens is 262 g/mol. The molecule has 0 atom stereocenters. The third kappa shape index (κ3) is 2.09. The largest absolute Gasteiger partial charge is 0.460 e. The lowest BCUT2D eigenvalue weighted by molar-refractivity contribution is -0.388. The number of alkyl halides is 9. The van der Waals surface area contributed by atoms with Crippen molar-refractivity contribution in [3.8, 4) is 0 Å². The van der Waals surface area contributed by atoms with E-state index in [-0.39, 0.29) is 0 Å². The van der Waals surface area contributed by atoms with Crippen molar-refractivity contribution in [2.45, 2.75) is 23.9 Å². The molecule has 0 saturated carbocycles. The van der Waals surface area contributed by atoms with Crippen LogP contribution in [0.4, 0.5) is 43.9 Å². The van der Waals surface area contributed by atoms with E-state index in [2.05, 4.69) is 0 Å². The molecule has 0 saturated heterocycles. The fourth-order valence-electron chi connectivity index (χ4n) is 0.571. The van der Waals surface area contributed by atoms with Gasteiger partial charge >= 0.3 is 23.9 Å². The Kier molecular flexibility index (Phi) is 3.58. The zero-order chi connectivity index (χ0) is 13.4. The van der Waals surface area contributed by atoms with Crippen LogP contribution in [-0.2, 0) is 0 Å². The minimum absolute atomic E-state index is 1.25. The Hall–Kier alpha value is -0.960. The van der Waals surface area contributed by atoms with Crippen LogP contribution in [0.3, 0.4) is 0 Å². The lowest BCUT2D eigenvalue weighted by Gasteiger charge is -2.31. The normalized spacial score (nSPS) is 15.9. The van der Waals surface area contributed by atoms with Crippen molar-refractivity contribution in [2.75, 3.05) is 0 Å². The van der Waals surface area contributed by atoms with Crippen LogP contribution < -0.4 is 0 Å². The first-order chi connectivity index (χ1) is 6.81. The number of hydrogen-bond donors (Lipinski definition) is 0. The molecule has 0 aromatic carbocycles. The summed E-state index contributed by atoms with van der Waals surface area (Å²) in [7, 11) is 0. The lowest BCUT2D eigenvalue weighted by atomic mass is 10.0. The van der Waals surface area contributed by atoms with Gasteiger partial charge in [0.1, 0.15) is 0 Å². The van der Waals surface area contributed by atoms with E-state index in [9.17, 15) is 43.9 Å². The van der Waals surface area contributed by atoms with E-state index in [4.69, 9.17) is 0 Å². The van der Waals surface area contributed by atoms with Gasteiger partial charge in [0.05, 0.1) is 6.33 Å². The molecule has 0 aliphatic heterocycles. The average Bonchev–Trinajstić information content (AvgIpc) is 2.01. The van der Waals surface area contributed by atoms with E-state index in [1.54, 1.807) is 0 Å². The Morgan fingerprint density at radius 3 is 1.25 bits per heavy atom. The standard InChI is InChI=1S/C6H2F10/c7-2-1-3(8,9)4(10,11)5(12,13)6(14,15)16/h1-2H. The van der Waals surface area contributed by atoms with Gasteiger partial charge in [0.15, 0.2) is 0 Å². The highest BCUT2D eigenvalue weighted by molar-refractivity contribution is 5.08. The second-order valence-electron chi connectivity index (χ2n) is 2.56. The van der Waals surface area contributed by atoms with E-state index < -0.39 is 36.3 Å².